The molecule has 0 bridgehead atoms. The van der Waals surface area contributed by atoms with Gasteiger partial charge in [-0.15, -0.1) is 0 Å². The number of carboxylic acids is 1. The van der Waals surface area contributed by atoms with Crippen molar-refractivity contribution < 1.29 is 9.90 Å². The summed E-state index contributed by atoms with van der Waals surface area (Å²) in [4.78, 5) is 10.8. The first-order valence-electron chi connectivity index (χ1n) is 4.45. The van der Waals surface area contributed by atoms with Gasteiger partial charge in [0, 0.05) is 5.69 Å². The van der Waals surface area contributed by atoms with Crippen LogP contribution in [0.2, 0.25) is 0 Å². The molecule has 1 aliphatic carbocycles. The van der Waals surface area contributed by atoms with Gasteiger partial charge in [0.25, 0.3) is 0 Å². The molecule has 2 rings (SSSR count). The Kier molecular flexibility index (Phi) is 1.83. The number of hydrogen-bond acceptors (Lipinski definition) is 2. The zero-order valence-electron chi connectivity index (χ0n) is 7.50. The Bertz CT molecular complexity index is 339. The van der Waals surface area contributed by atoms with E-state index in [9.17, 15) is 4.79 Å². The molecular weight excluding hydrogens is 168 g/mol. The number of rotatable bonds is 3. The zero-order chi connectivity index (χ0) is 9.42. The van der Waals surface area contributed by atoms with Crippen molar-refractivity contribution in [3.8, 4) is 0 Å². The van der Waals surface area contributed by atoms with E-state index in [4.69, 9.17) is 5.11 Å². The number of H-pyrrole nitrogens is 1. The monoisotopic (exact) mass is 180 g/mol. The minimum atomic E-state index is -0.873. The lowest BCUT2D eigenvalue weighted by atomic mass is 10.1. The number of nitrogens with zero attached hydrogens (tertiary/aromatic N) is 1. The number of aromatic nitrogens is 2. The van der Waals surface area contributed by atoms with Crippen LogP contribution in [0.5, 0.6) is 0 Å². The molecule has 1 aliphatic rings. The van der Waals surface area contributed by atoms with E-state index in [0.29, 0.717) is 22.9 Å². The maximum absolute atomic E-state index is 10.8. The second kappa shape index (κ2) is 2.87. The van der Waals surface area contributed by atoms with Gasteiger partial charge in [-0.2, -0.15) is 5.10 Å². The summed E-state index contributed by atoms with van der Waals surface area (Å²) in [6, 6.07) is 0. The molecule has 4 nitrogen and oxygen atoms in total. The normalized spacial score (nSPS) is 16.1. The molecule has 1 aromatic rings. The Labute approximate surface area is 76.0 Å². The van der Waals surface area contributed by atoms with Crippen LogP contribution in [0, 0.1) is 12.8 Å². The number of hydrogen-bond donors (Lipinski definition) is 2. The fourth-order valence-electron chi connectivity index (χ4n) is 1.51. The molecule has 2 N–H and O–H groups in total. The highest BCUT2D eigenvalue weighted by Gasteiger charge is 2.26. The van der Waals surface area contributed by atoms with Crippen LogP contribution < -0.4 is 0 Å². The molecule has 0 saturated heterocycles. The second-order valence-electron chi connectivity index (χ2n) is 3.62. The Balaban J connectivity index is 2.27. The summed E-state index contributed by atoms with van der Waals surface area (Å²) in [5, 5.41) is 15.6. The fourth-order valence-corrected chi connectivity index (χ4v) is 1.51. The molecule has 4 heteroatoms. The van der Waals surface area contributed by atoms with Crippen molar-refractivity contribution in [2.75, 3.05) is 0 Å². The number of carboxylic acid groups (broad SMARTS) is 1. The topological polar surface area (TPSA) is 66.0 Å². The highest BCUT2D eigenvalue weighted by molar-refractivity contribution is 5.90. The third-order valence-corrected chi connectivity index (χ3v) is 2.41. The summed E-state index contributed by atoms with van der Waals surface area (Å²) < 4.78 is 0. The predicted octanol–water partition coefficient (Wildman–Crippen LogP) is 1.37. The molecule has 1 fully saturated rings. The Morgan fingerprint density at radius 2 is 2.38 bits per heavy atom. The standard InChI is InChI=1S/C9H12N2O2/c1-5-8(9(12)13)7(11-10-5)4-6-2-3-6/h6H,2-4H2,1H3,(H,10,11)(H,12,13). The number of nitrogens with one attached hydrogen (secondary N) is 1. The smallest absolute Gasteiger partial charge is 0.339 e. The molecule has 0 amide bonds. The number of aromatic carboxylic acids is 1. The van der Waals surface area contributed by atoms with Gasteiger partial charge >= 0.3 is 5.97 Å². The summed E-state index contributed by atoms with van der Waals surface area (Å²) in [6.07, 6.45) is 3.24. The van der Waals surface area contributed by atoms with Crippen molar-refractivity contribution in [2.24, 2.45) is 5.92 Å². The molecule has 1 saturated carbocycles. The van der Waals surface area contributed by atoms with Crippen LogP contribution in [0.3, 0.4) is 0 Å². The van der Waals surface area contributed by atoms with Crippen LogP contribution in [0.15, 0.2) is 0 Å². The fraction of sp³-hybridized carbons (Fsp3) is 0.556. The van der Waals surface area contributed by atoms with Crippen molar-refractivity contribution in [3.63, 3.8) is 0 Å². The molecule has 0 unspecified atom stereocenters. The first-order valence-corrected chi connectivity index (χ1v) is 4.45. The maximum atomic E-state index is 10.8. The van der Waals surface area contributed by atoms with E-state index in [1.165, 1.54) is 12.8 Å². The summed E-state index contributed by atoms with van der Waals surface area (Å²) in [6.45, 7) is 1.74. The van der Waals surface area contributed by atoms with E-state index in [1.54, 1.807) is 6.92 Å². The second-order valence-corrected chi connectivity index (χ2v) is 3.62. The average molecular weight is 180 g/mol. The van der Waals surface area contributed by atoms with Gasteiger partial charge in [-0.1, -0.05) is 0 Å². The largest absolute Gasteiger partial charge is 0.478 e. The van der Waals surface area contributed by atoms with E-state index >= 15 is 0 Å². The highest BCUT2D eigenvalue weighted by Crippen LogP contribution is 2.33. The zero-order valence-corrected chi connectivity index (χ0v) is 7.50. The van der Waals surface area contributed by atoms with E-state index in [1.807, 2.05) is 0 Å². The lowest BCUT2D eigenvalue weighted by Gasteiger charge is -1.96. The van der Waals surface area contributed by atoms with E-state index in [-0.39, 0.29) is 0 Å². The van der Waals surface area contributed by atoms with Crippen molar-refractivity contribution >= 4 is 5.97 Å². The third-order valence-electron chi connectivity index (χ3n) is 2.41. The van der Waals surface area contributed by atoms with Gasteiger partial charge < -0.3 is 5.11 Å². The van der Waals surface area contributed by atoms with Crippen LogP contribution >= 0.6 is 0 Å². The molecule has 1 aromatic heterocycles. The van der Waals surface area contributed by atoms with Crippen molar-refractivity contribution in [1.29, 1.82) is 0 Å². The summed E-state index contributed by atoms with van der Waals surface area (Å²) in [5.41, 5.74) is 1.74. The maximum Gasteiger partial charge on any atom is 0.339 e. The van der Waals surface area contributed by atoms with Gasteiger partial charge in [-0.05, 0) is 32.1 Å². The van der Waals surface area contributed by atoms with Crippen LogP contribution in [0.1, 0.15) is 34.6 Å². The molecule has 0 spiro atoms. The number of carbonyl (C=O) groups is 1. The van der Waals surface area contributed by atoms with Gasteiger partial charge in [0.15, 0.2) is 0 Å². The Hall–Kier alpha value is -1.32. The predicted molar refractivity (Wildman–Crippen MR) is 46.7 cm³/mol. The molecule has 0 aliphatic heterocycles. The van der Waals surface area contributed by atoms with Crippen LogP contribution in [0.25, 0.3) is 0 Å². The van der Waals surface area contributed by atoms with Crippen LogP contribution in [-0.4, -0.2) is 21.3 Å². The Morgan fingerprint density at radius 1 is 1.69 bits per heavy atom. The highest BCUT2D eigenvalue weighted by atomic mass is 16.4. The molecule has 70 valence electrons. The SMILES string of the molecule is Cc1[nH]nc(CC2CC2)c1C(=O)O. The first kappa shape index (κ1) is 8.29. The van der Waals surface area contributed by atoms with E-state index < -0.39 is 5.97 Å². The lowest BCUT2D eigenvalue weighted by molar-refractivity contribution is 0.0695. The summed E-state index contributed by atoms with van der Waals surface area (Å²) in [7, 11) is 0. The van der Waals surface area contributed by atoms with Crippen molar-refractivity contribution in [2.45, 2.75) is 26.2 Å². The van der Waals surface area contributed by atoms with E-state index in [2.05, 4.69) is 10.2 Å². The molecule has 1 heterocycles. The lowest BCUT2D eigenvalue weighted by Crippen LogP contribution is -2.02. The van der Waals surface area contributed by atoms with E-state index in [0.717, 1.165) is 6.42 Å². The number of aromatic amines is 1. The molecule has 13 heavy (non-hydrogen) atoms. The first-order chi connectivity index (χ1) is 6.18. The molecule has 0 atom stereocenters. The van der Waals surface area contributed by atoms with Gasteiger partial charge in [0.05, 0.1) is 5.69 Å². The quantitative estimate of drug-likeness (QED) is 0.738. The van der Waals surface area contributed by atoms with Gasteiger partial charge in [0.2, 0.25) is 0 Å². The minimum Gasteiger partial charge on any atom is -0.478 e. The van der Waals surface area contributed by atoms with Gasteiger partial charge in [-0.3, -0.25) is 5.10 Å². The summed E-state index contributed by atoms with van der Waals surface area (Å²) in [5.74, 6) is -0.206. The number of aryl methyl sites for hydroxylation is 1. The van der Waals surface area contributed by atoms with Gasteiger partial charge in [0.1, 0.15) is 5.56 Å². The third kappa shape index (κ3) is 1.56. The minimum absolute atomic E-state index is 0.368. The van der Waals surface area contributed by atoms with Crippen LogP contribution in [0.4, 0.5) is 0 Å². The van der Waals surface area contributed by atoms with Crippen molar-refractivity contribution in [3.05, 3.63) is 17.0 Å². The molecular formula is C9H12N2O2. The molecule has 0 aromatic carbocycles. The summed E-state index contributed by atoms with van der Waals surface area (Å²) >= 11 is 0. The van der Waals surface area contributed by atoms with Crippen molar-refractivity contribution in [1.82, 2.24) is 10.2 Å². The van der Waals surface area contributed by atoms with Gasteiger partial charge in [-0.25, -0.2) is 4.79 Å². The van der Waals surface area contributed by atoms with Crippen LogP contribution in [-0.2, 0) is 6.42 Å². The molecule has 0 radical (unpaired) electrons. The Morgan fingerprint density at radius 3 is 2.92 bits per heavy atom. The average Bonchev–Trinajstić information content (AvgIpc) is 2.76.